The number of benzene rings is 1. The monoisotopic (exact) mass is 259 g/mol. The van der Waals surface area contributed by atoms with Gasteiger partial charge in [-0.3, -0.25) is 4.79 Å². The van der Waals surface area contributed by atoms with Crippen molar-refractivity contribution >= 4 is 5.91 Å². The first-order valence-corrected chi connectivity index (χ1v) is 5.30. The van der Waals surface area contributed by atoms with Crippen LogP contribution in [0, 0.1) is 0 Å². The van der Waals surface area contributed by atoms with Crippen LogP contribution >= 0.6 is 0 Å². The summed E-state index contributed by atoms with van der Waals surface area (Å²) in [5, 5.41) is 2.20. The SMILES string of the molecule is COc1ccc(C(C)NC(=O)C(F)F)c(OC)c1. The normalized spacial score (nSPS) is 12.1. The molecule has 0 aliphatic carbocycles. The van der Waals surface area contributed by atoms with Crippen molar-refractivity contribution in [3.05, 3.63) is 23.8 Å². The molecule has 0 heterocycles. The van der Waals surface area contributed by atoms with Crippen LogP contribution in [0.25, 0.3) is 0 Å². The molecule has 1 aromatic carbocycles. The van der Waals surface area contributed by atoms with Crippen molar-refractivity contribution in [3.8, 4) is 11.5 Å². The summed E-state index contributed by atoms with van der Waals surface area (Å²) in [5.41, 5.74) is 0.604. The fourth-order valence-electron chi connectivity index (χ4n) is 1.53. The van der Waals surface area contributed by atoms with Crippen molar-refractivity contribution < 1.29 is 23.0 Å². The van der Waals surface area contributed by atoms with E-state index in [2.05, 4.69) is 5.32 Å². The van der Waals surface area contributed by atoms with E-state index in [1.54, 1.807) is 25.1 Å². The van der Waals surface area contributed by atoms with Gasteiger partial charge < -0.3 is 14.8 Å². The Hall–Kier alpha value is -1.85. The highest BCUT2D eigenvalue weighted by molar-refractivity contribution is 5.79. The number of carbonyl (C=O) groups excluding carboxylic acids is 1. The predicted octanol–water partition coefficient (Wildman–Crippen LogP) is 2.15. The Bertz CT molecular complexity index is 424. The van der Waals surface area contributed by atoms with Crippen LogP contribution in [-0.2, 0) is 4.79 Å². The van der Waals surface area contributed by atoms with Crippen LogP contribution in [-0.4, -0.2) is 26.6 Å². The van der Waals surface area contributed by atoms with Crippen LogP contribution in [0.4, 0.5) is 8.78 Å². The van der Waals surface area contributed by atoms with Gasteiger partial charge in [-0.2, -0.15) is 8.78 Å². The highest BCUT2D eigenvalue weighted by Gasteiger charge is 2.20. The quantitative estimate of drug-likeness (QED) is 0.881. The van der Waals surface area contributed by atoms with E-state index in [1.165, 1.54) is 14.2 Å². The van der Waals surface area contributed by atoms with Gasteiger partial charge in [0.25, 0.3) is 5.91 Å². The Morgan fingerprint density at radius 2 is 1.94 bits per heavy atom. The summed E-state index contributed by atoms with van der Waals surface area (Å²) < 4.78 is 34.4. The van der Waals surface area contributed by atoms with Crippen LogP contribution in [0.1, 0.15) is 18.5 Å². The van der Waals surface area contributed by atoms with Crippen LogP contribution in [0.2, 0.25) is 0 Å². The Kier molecular flexibility index (Phi) is 4.88. The van der Waals surface area contributed by atoms with Crippen LogP contribution < -0.4 is 14.8 Å². The minimum Gasteiger partial charge on any atom is -0.497 e. The molecule has 1 amide bonds. The lowest BCUT2D eigenvalue weighted by Crippen LogP contribution is -2.32. The number of methoxy groups -OCH3 is 2. The molecule has 0 aliphatic heterocycles. The van der Waals surface area contributed by atoms with Gasteiger partial charge in [0.05, 0.1) is 20.3 Å². The third-order valence-corrected chi connectivity index (χ3v) is 2.46. The van der Waals surface area contributed by atoms with Crippen molar-refractivity contribution in [1.29, 1.82) is 0 Å². The molecule has 0 saturated heterocycles. The third-order valence-electron chi connectivity index (χ3n) is 2.46. The zero-order valence-electron chi connectivity index (χ0n) is 10.4. The first kappa shape index (κ1) is 14.2. The largest absolute Gasteiger partial charge is 0.497 e. The van der Waals surface area contributed by atoms with E-state index in [4.69, 9.17) is 9.47 Å². The van der Waals surface area contributed by atoms with E-state index in [0.29, 0.717) is 17.1 Å². The van der Waals surface area contributed by atoms with E-state index < -0.39 is 18.4 Å². The molecule has 0 aliphatic rings. The highest BCUT2D eigenvalue weighted by Crippen LogP contribution is 2.29. The maximum absolute atomic E-state index is 12.1. The smallest absolute Gasteiger partial charge is 0.315 e. The summed E-state index contributed by atoms with van der Waals surface area (Å²) in [6.07, 6.45) is -3.03. The van der Waals surface area contributed by atoms with Gasteiger partial charge in [0.2, 0.25) is 0 Å². The first-order chi connectivity index (χ1) is 8.49. The minimum absolute atomic E-state index is 0.469. The van der Waals surface area contributed by atoms with Gasteiger partial charge in [-0.25, -0.2) is 0 Å². The molecule has 1 N–H and O–H groups in total. The third kappa shape index (κ3) is 3.32. The van der Waals surface area contributed by atoms with Crippen LogP contribution in [0.3, 0.4) is 0 Å². The summed E-state index contributed by atoms with van der Waals surface area (Å²) in [6.45, 7) is 1.60. The van der Waals surface area contributed by atoms with Crippen LogP contribution in [0.15, 0.2) is 18.2 Å². The van der Waals surface area contributed by atoms with Gasteiger partial charge in [0.15, 0.2) is 0 Å². The second-order valence-electron chi connectivity index (χ2n) is 3.64. The van der Waals surface area contributed by atoms with Crippen molar-refractivity contribution in [1.82, 2.24) is 5.32 Å². The zero-order valence-corrected chi connectivity index (χ0v) is 10.4. The van der Waals surface area contributed by atoms with Crippen molar-refractivity contribution in [2.75, 3.05) is 14.2 Å². The van der Waals surface area contributed by atoms with E-state index in [1.807, 2.05) is 0 Å². The maximum Gasteiger partial charge on any atom is 0.315 e. The maximum atomic E-state index is 12.1. The lowest BCUT2D eigenvalue weighted by atomic mass is 10.1. The molecule has 1 unspecified atom stereocenters. The first-order valence-electron chi connectivity index (χ1n) is 5.30. The number of rotatable bonds is 5. The second kappa shape index (κ2) is 6.18. The molecular weight excluding hydrogens is 244 g/mol. The highest BCUT2D eigenvalue weighted by atomic mass is 19.3. The summed E-state index contributed by atoms with van der Waals surface area (Å²) in [7, 11) is 2.97. The molecule has 100 valence electrons. The number of alkyl halides is 2. The van der Waals surface area contributed by atoms with Gasteiger partial charge in [-0.05, 0) is 19.1 Å². The standard InChI is InChI=1S/C12H15F2NO3/c1-7(15-12(16)11(13)14)9-5-4-8(17-2)6-10(9)18-3/h4-7,11H,1-3H3,(H,15,16). The molecule has 4 nitrogen and oxygen atoms in total. The molecular formula is C12H15F2NO3. The van der Waals surface area contributed by atoms with Gasteiger partial charge in [0, 0.05) is 11.6 Å². The molecule has 1 rings (SSSR count). The number of hydrogen-bond donors (Lipinski definition) is 1. The molecule has 0 spiro atoms. The summed E-state index contributed by atoms with van der Waals surface area (Å²) in [5.74, 6) is -0.250. The lowest BCUT2D eigenvalue weighted by molar-refractivity contribution is -0.132. The molecule has 1 atom stereocenters. The van der Waals surface area contributed by atoms with Gasteiger partial charge in [-0.15, -0.1) is 0 Å². The molecule has 0 bridgehead atoms. The van der Waals surface area contributed by atoms with Gasteiger partial charge in [-0.1, -0.05) is 0 Å². The minimum atomic E-state index is -3.03. The Morgan fingerprint density at radius 1 is 1.28 bits per heavy atom. The topological polar surface area (TPSA) is 47.6 Å². The van der Waals surface area contributed by atoms with E-state index in [9.17, 15) is 13.6 Å². The predicted molar refractivity (Wildman–Crippen MR) is 62.1 cm³/mol. The molecule has 1 aromatic rings. The average Bonchev–Trinajstić information content (AvgIpc) is 2.37. The molecule has 0 radical (unpaired) electrons. The number of hydrogen-bond acceptors (Lipinski definition) is 3. The van der Waals surface area contributed by atoms with E-state index >= 15 is 0 Å². The van der Waals surface area contributed by atoms with E-state index in [0.717, 1.165) is 0 Å². The second-order valence-corrected chi connectivity index (χ2v) is 3.64. The summed E-state index contributed by atoms with van der Waals surface area (Å²) in [4.78, 5) is 10.9. The number of amides is 1. The Balaban J connectivity index is 2.91. The molecule has 0 fully saturated rings. The van der Waals surface area contributed by atoms with Crippen molar-refractivity contribution in [3.63, 3.8) is 0 Å². The van der Waals surface area contributed by atoms with Gasteiger partial charge >= 0.3 is 6.43 Å². The molecule has 0 aromatic heterocycles. The Labute approximate surface area is 104 Å². The fourth-order valence-corrected chi connectivity index (χ4v) is 1.53. The molecule has 0 saturated carbocycles. The van der Waals surface area contributed by atoms with E-state index in [-0.39, 0.29) is 0 Å². The van der Waals surface area contributed by atoms with Crippen molar-refractivity contribution in [2.24, 2.45) is 0 Å². The number of carbonyl (C=O) groups is 1. The number of halogens is 2. The molecule has 18 heavy (non-hydrogen) atoms. The zero-order chi connectivity index (χ0) is 13.7. The number of ether oxygens (including phenoxy) is 2. The summed E-state index contributed by atoms with van der Waals surface area (Å²) >= 11 is 0. The van der Waals surface area contributed by atoms with Crippen molar-refractivity contribution in [2.45, 2.75) is 19.4 Å². The van der Waals surface area contributed by atoms with Gasteiger partial charge in [0.1, 0.15) is 11.5 Å². The molecule has 6 heteroatoms. The number of nitrogens with one attached hydrogen (secondary N) is 1. The summed E-state index contributed by atoms with van der Waals surface area (Å²) in [6, 6.07) is 4.38. The lowest BCUT2D eigenvalue weighted by Gasteiger charge is -2.17. The average molecular weight is 259 g/mol. The fraction of sp³-hybridized carbons (Fsp3) is 0.417. The van der Waals surface area contributed by atoms with Crippen LogP contribution in [0.5, 0.6) is 11.5 Å². The Morgan fingerprint density at radius 3 is 2.44 bits per heavy atom.